The summed E-state index contributed by atoms with van der Waals surface area (Å²) in [5.74, 6) is -0.664. The molecule has 2 aromatic carbocycles. The molecule has 0 N–H and O–H groups in total. The Hall–Kier alpha value is -3.27. The van der Waals surface area contributed by atoms with Gasteiger partial charge in [-0.05, 0) is 48.4 Å². The van der Waals surface area contributed by atoms with E-state index in [4.69, 9.17) is 27.9 Å². The molecule has 1 aliphatic rings. The van der Waals surface area contributed by atoms with E-state index in [1.807, 2.05) is 0 Å². The highest BCUT2D eigenvalue weighted by atomic mass is 35.5. The minimum atomic E-state index is -0.917. The Kier molecular flexibility index (Phi) is 6.20. The Morgan fingerprint density at radius 2 is 1.94 bits per heavy atom. The molecule has 0 unspecified atom stereocenters. The molecule has 0 bridgehead atoms. The van der Waals surface area contributed by atoms with Crippen molar-refractivity contribution in [3.63, 3.8) is 0 Å². The summed E-state index contributed by atoms with van der Waals surface area (Å²) >= 11 is 13.2. The number of halogens is 2. The third-order valence-corrected chi connectivity index (χ3v) is 6.62. The highest BCUT2D eigenvalue weighted by Gasteiger charge is 2.33. The summed E-state index contributed by atoms with van der Waals surface area (Å²) in [6, 6.07) is 10.1. The lowest BCUT2D eigenvalue weighted by Crippen LogP contribution is -2.39. The van der Waals surface area contributed by atoms with Gasteiger partial charge in [-0.3, -0.25) is 19.5 Å². The van der Waals surface area contributed by atoms with Crippen LogP contribution < -0.4 is 14.9 Å². The fourth-order valence-corrected chi connectivity index (χ4v) is 4.99. The number of nitro benzene ring substituents is 1. The molecule has 1 aromatic heterocycles. The van der Waals surface area contributed by atoms with Gasteiger partial charge in [-0.1, -0.05) is 46.7 Å². The zero-order valence-corrected chi connectivity index (χ0v) is 19.6. The van der Waals surface area contributed by atoms with Crippen molar-refractivity contribution in [2.45, 2.75) is 13.0 Å². The maximum atomic E-state index is 13.4. The molecule has 4 rings (SSSR count). The van der Waals surface area contributed by atoms with Gasteiger partial charge in [-0.2, -0.15) is 0 Å². The van der Waals surface area contributed by atoms with Gasteiger partial charge in [0, 0.05) is 11.1 Å². The van der Waals surface area contributed by atoms with E-state index in [0.29, 0.717) is 25.6 Å². The monoisotopic (exact) mass is 503 g/mol. The number of thiazole rings is 1. The highest BCUT2D eigenvalue weighted by Crippen LogP contribution is 2.34. The number of methoxy groups -OCH3 is 1. The van der Waals surface area contributed by atoms with Crippen molar-refractivity contribution in [1.82, 2.24) is 4.57 Å². The van der Waals surface area contributed by atoms with Crippen molar-refractivity contribution in [3.8, 4) is 0 Å². The molecular weight excluding hydrogens is 489 g/mol. The average molecular weight is 504 g/mol. The van der Waals surface area contributed by atoms with Gasteiger partial charge in [-0.15, -0.1) is 0 Å². The standard InChI is InChI=1S/C22H15Cl2N3O5S/c1-11-18(21(29)32-2)19(13-5-8-16(27(30)31)15(24)10-13)26-20(28)17(33-22(26)25-11)9-12-3-6-14(23)7-4-12/h3-10,19H,1-2H3/b17-9-/t19-/m1/s1. The number of benzene rings is 2. The number of nitro groups is 1. The van der Waals surface area contributed by atoms with E-state index in [1.54, 1.807) is 37.3 Å². The van der Waals surface area contributed by atoms with Crippen LogP contribution in [-0.2, 0) is 9.53 Å². The third-order valence-electron chi connectivity index (χ3n) is 5.08. The highest BCUT2D eigenvalue weighted by molar-refractivity contribution is 7.07. The van der Waals surface area contributed by atoms with Gasteiger partial charge in [0.1, 0.15) is 5.02 Å². The van der Waals surface area contributed by atoms with Crippen LogP contribution in [0.3, 0.4) is 0 Å². The predicted octanol–water partition coefficient (Wildman–Crippen LogP) is 3.62. The molecular formula is C22H15Cl2N3O5S. The van der Waals surface area contributed by atoms with E-state index in [2.05, 4.69) is 4.99 Å². The SMILES string of the molecule is COC(=O)C1=C(C)N=c2s/c(=C\c3ccc(Cl)cc3)c(=O)n2[C@@H]1c1ccc([N+](=O)[O-])c(Cl)c1. The normalized spacial score (nSPS) is 15.8. The lowest BCUT2D eigenvalue weighted by atomic mass is 9.95. The van der Waals surface area contributed by atoms with E-state index in [9.17, 15) is 19.7 Å². The number of allylic oxidation sites excluding steroid dienone is 1. The number of aromatic nitrogens is 1. The van der Waals surface area contributed by atoms with Crippen LogP contribution in [0.2, 0.25) is 10.0 Å². The first-order valence-corrected chi connectivity index (χ1v) is 11.1. The predicted molar refractivity (Wildman–Crippen MR) is 125 cm³/mol. The summed E-state index contributed by atoms with van der Waals surface area (Å²) in [7, 11) is 1.23. The molecule has 0 saturated heterocycles. The third kappa shape index (κ3) is 4.22. The second kappa shape index (κ2) is 8.93. The summed E-state index contributed by atoms with van der Waals surface area (Å²) in [4.78, 5) is 41.5. The molecule has 0 radical (unpaired) electrons. The van der Waals surface area contributed by atoms with E-state index in [1.165, 1.54) is 29.9 Å². The minimum Gasteiger partial charge on any atom is -0.466 e. The summed E-state index contributed by atoms with van der Waals surface area (Å²) in [6.45, 7) is 1.64. The fraction of sp³-hybridized carbons (Fsp3) is 0.136. The topological polar surface area (TPSA) is 104 Å². The number of hydrogen-bond donors (Lipinski definition) is 0. The Morgan fingerprint density at radius 1 is 1.24 bits per heavy atom. The van der Waals surface area contributed by atoms with Gasteiger partial charge in [0.2, 0.25) is 0 Å². The van der Waals surface area contributed by atoms with E-state index >= 15 is 0 Å². The van der Waals surface area contributed by atoms with Crippen LogP contribution in [0.1, 0.15) is 24.1 Å². The number of rotatable bonds is 4. The van der Waals surface area contributed by atoms with E-state index in [-0.39, 0.29) is 21.8 Å². The second-order valence-electron chi connectivity index (χ2n) is 7.09. The summed E-state index contributed by atoms with van der Waals surface area (Å²) < 4.78 is 6.72. The van der Waals surface area contributed by atoms with Gasteiger partial charge in [0.15, 0.2) is 4.80 Å². The van der Waals surface area contributed by atoms with Crippen molar-refractivity contribution in [3.05, 3.63) is 105 Å². The lowest BCUT2D eigenvalue weighted by molar-refractivity contribution is -0.384. The molecule has 8 nitrogen and oxygen atoms in total. The number of carbonyl (C=O) groups excluding carboxylic acids is 1. The second-order valence-corrected chi connectivity index (χ2v) is 8.95. The minimum absolute atomic E-state index is 0.111. The van der Waals surface area contributed by atoms with Crippen LogP contribution in [0.5, 0.6) is 0 Å². The molecule has 0 spiro atoms. The van der Waals surface area contributed by atoms with Crippen LogP contribution in [0.15, 0.2) is 63.5 Å². The van der Waals surface area contributed by atoms with Crippen molar-refractivity contribution in [1.29, 1.82) is 0 Å². The fourth-order valence-electron chi connectivity index (χ4n) is 3.56. The molecule has 3 aromatic rings. The van der Waals surface area contributed by atoms with Gasteiger partial charge in [-0.25, -0.2) is 9.79 Å². The van der Waals surface area contributed by atoms with Crippen LogP contribution in [0.25, 0.3) is 6.08 Å². The van der Waals surface area contributed by atoms with Crippen molar-refractivity contribution in [2.75, 3.05) is 7.11 Å². The number of ether oxygens (including phenoxy) is 1. The van der Waals surface area contributed by atoms with Crippen LogP contribution in [0, 0.1) is 10.1 Å². The lowest BCUT2D eigenvalue weighted by Gasteiger charge is -2.24. The molecule has 0 aliphatic carbocycles. The van der Waals surface area contributed by atoms with Crippen molar-refractivity contribution in [2.24, 2.45) is 4.99 Å². The summed E-state index contributed by atoms with van der Waals surface area (Å²) in [5, 5.41) is 11.6. The Balaban J connectivity index is 1.97. The number of hydrogen-bond acceptors (Lipinski definition) is 7. The van der Waals surface area contributed by atoms with Crippen molar-refractivity contribution >= 4 is 52.3 Å². The smallest absolute Gasteiger partial charge is 0.338 e. The summed E-state index contributed by atoms with van der Waals surface area (Å²) in [6.07, 6.45) is 1.71. The van der Waals surface area contributed by atoms with Crippen LogP contribution in [-0.4, -0.2) is 22.6 Å². The van der Waals surface area contributed by atoms with Crippen LogP contribution in [0.4, 0.5) is 5.69 Å². The molecule has 0 amide bonds. The van der Waals surface area contributed by atoms with Gasteiger partial charge in [0.05, 0.1) is 33.9 Å². The zero-order valence-electron chi connectivity index (χ0n) is 17.2. The van der Waals surface area contributed by atoms with Gasteiger partial charge in [0.25, 0.3) is 11.2 Å². The number of fused-ring (bicyclic) bond motifs is 1. The number of nitrogens with zero attached hydrogens (tertiary/aromatic N) is 3. The zero-order chi connectivity index (χ0) is 23.9. The van der Waals surface area contributed by atoms with Gasteiger partial charge >= 0.3 is 5.97 Å². The summed E-state index contributed by atoms with van der Waals surface area (Å²) in [5.41, 5.74) is 1.05. The maximum absolute atomic E-state index is 13.4. The molecule has 33 heavy (non-hydrogen) atoms. The Bertz CT molecular complexity index is 1510. The molecule has 0 saturated carbocycles. The average Bonchev–Trinajstić information content (AvgIpc) is 3.08. The Labute approximate surface area is 200 Å². The molecule has 2 heterocycles. The maximum Gasteiger partial charge on any atom is 0.338 e. The molecule has 11 heteroatoms. The van der Waals surface area contributed by atoms with E-state index < -0.39 is 16.9 Å². The quantitative estimate of drug-likeness (QED) is 0.307. The van der Waals surface area contributed by atoms with E-state index in [0.717, 1.165) is 16.9 Å². The van der Waals surface area contributed by atoms with Crippen molar-refractivity contribution < 1.29 is 14.5 Å². The molecule has 168 valence electrons. The van der Waals surface area contributed by atoms with Gasteiger partial charge < -0.3 is 4.74 Å². The first-order chi connectivity index (χ1) is 15.7. The first kappa shape index (κ1) is 22.9. The number of esters is 1. The molecule has 1 aliphatic heterocycles. The molecule has 1 atom stereocenters. The van der Waals surface area contributed by atoms with Crippen LogP contribution >= 0.6 is 34.5 Å². The largest absolute Gasteiger partial charge is 0.466 e. The number of carbonyl (C=O) groups is 1. The molecule has 0 fully saturated rings. The first-order valence-electron chi connectivity index (χ1n) is 9.51. The Morgan fingerprint density at radius 3 is 2.55 bits per heavy atom.